The zero-order chi connectivity index (χ0) is 10.4. The Bertz CT molecular complexity index is 151. The van der Waals surface area contributed by atoms with Gasteiger partial charge in [-0.05, 0) is 30.8 Å². The summed E-state index contributed by atoms with van der Waals surface area (Å²) in [5, 5.41) is 0. The number of hydrogen-bond acceptors (Lipinski definition) is 0. The highest BCUT2D eigenvalue weighted by Gasteiger charge is 2.28. The molecular formula is C10H24P4. The van der Waals surface area contributed by atoms with E-state index >= 15 is 0 Å². The van der Waals surface area contributed by atoms with E-state index < -0.39 is 0 Å². The summed E-state index contributed by atoms with van der Waals surface area (Å²) in [7, 11) is 7.47. The average molecular weight is 268 g/mol. The minimum absolute atomic E-state index is 0.255. The van der Waals surface area contributed by atoms with Crippen molar-refractivity contribution in [3.8, 4) is 0 Å². The Labute approximate surface area is 96.8 Å². The van der Waals surface area contributed by atoms with E-state index in [2.05, 4.69) is 24.8 Å². The van der Waals surface area contributed by atoms with Gasteiger partial charge in [-0.3, -0.25) is 0 Å². The molecule has 0 heterocycles. The molecule has 6 atom stereocenters. The van der Waals surface area contributed by atoms with E-state index in [-0.39, 0.29) is 7.30 Å². The average Bonchev–Trinajstić information content (AvgIpc) is 2.25. The second kappa shape index (κ2) is 7.91. The zero-order valence-electron chi connectivity index (χ0n) is 9.21. The Kier molecular flexibility index (Phi) is 7.78. The summed E-state index contributed by atoms with van der Waals surface area (Å²) in [5.41, 5.74) is 1.08. The molecule has 1 saturated carbocycles. The zero-order valence-corrected chi connectivity index (χ0v) is 13.4. The van der Waals surface area contributed by atoms with Crippen molar-refractivity contribution in [2.75, 3.05) is 0 Å². The maximum absolute atomic E-state index is 3.15. The molecule has 0 N–H and O–H groups in total. The summed E-state index contributed by atoms with van der Waals surface area (Å²) in [6, 6.07) is 0. The third kappa shape index (κ3) is 4.30. The van der Waals surface area contributed by atoms with E-state index in [9.17, 15) is 0 Å². The molecule has 0 aromatic heterocycles. The van der Waals surface area contributed by atoms with Crippen molar-refractivity contribution in [3.63, 3.8) is 0 Å². The summed E-state index contributed by atoms with van der Waals surface area (Å²) < 4.78 is 0. The van der Waals surface area contributed by atoms with Crippen LogP contribution in [-0.2, 0) is 0 Å². The van der Waals surface area contributed by atoms with E-state index in [0.29, 0.717) is 0 Å². The SMILES string of the molecule is CCCC[C@H]1CCCC[C@H]1P(P)PP. The van der Waals surface area contributed by atoms with Crippen LogP contribution in [0.5, 0.6) is 0 Å². The van der Waals surface area contributed by atoms with Crippen molar-refractivity contribution in [3.05, 3.63) is 0 Å². The highest BCUT2D eigenvalue weighted by atomic mass is 32.6. The van der Waals surface area contributed by atoms with Gasteiger partial charge < -0.3 is 0 Å². The molecule has 1 aliphatic rings. The van der Waals surface area contributed by atoms with Crippen LogP contribution in [0.3, 0.4) is 0 Å². The molecule has 0 radical (unpaired) electrons. The molecule has 0 amide bonds. The monoisotopic (exact) mass is 268 g/mol. The van der Waals surface area contributed by atoms with Crippen LogP contribution in [0.1, 0.15) is 51.9 Å². The van der Waals surface area contributed by atoms with Crippen LogP contribution in [0.15, 0.2) is 0 Å². The predicted molar refractivity (Wildman–Crippen MR) is 79.9 cm³/mol. The highest BCUT2D eigenvalue weighted by molar-refractivity contribution is 8.61. The van der Waals surface area contributed by atoms with Gasteiger partial charge in [0.05, 0.1) is 0 Å². The molecule has 0 aromatic rings. The number of rotatable bonds is 5. The molecule has 4 heteroatoms. The Morgan fingerprint density at radius 3 is 2.71 bits per heavy atom. The third-order valence-electron chi connectivity index (χ3n) is 3.30. The standard InChI is InChI=1S/C10H24P4/c1-2-3-6-9-7-4-5-8-10(9)14(12)13-11/h9-10,13H,2-8,11-12H2,1H3/t9-,10+,14?/m0/s1. The van der Waals surface area contributed by atoms with E-state index in [1.54, 1.807) is 0 Å². The van der Waals surface area contributed by atoms with Crippen LogP contribution in [-0.4, -0.2) is 5.66 Å². The van der Waals surface area contributed by atoms with Crippen molar-refractivity contribution in [2.45, 2.75) is 57.5 Å². The molecule has 84 valence electrons. The molecule has 0 bridgehead atoms. The highest BCUT2D eigenvalue weighted by Crippen LogP contribution is 2.72. The molecular weight excluding hydrogens is 244 g/mol. The van der Waals surface area contributed by atoms with Gasteiger partial charge in [0, 0.05) is 0 Å². The normalized spacial score (nSPS) is 31.1. The van der Waals surface area contributed by atoms with Crippen LogP contribution < -0.4 is 0 Å². The molecule has 1 fully saturated rings. The summed E-state index contributed by atoms with van der Waals surface area (Å²) in [5.74, 6) is 1.07. The van der Waals surface area contributed by atoms with E-state index in [1.165, 1.54) is 44.9 Å². The van der Waals surface area contributed by atoms with E-state index in [1.807, 2.05) is 0 Å². The van der Waals surface area contributed by atoms with Crippen LogP contribution in [0.4, 0.5) is 0 Å². The van der Waals surface area contributed by atoms with Gasteiger partial charge in [-0.2, -0.15) is 0 Å². The second-order valence-corrected chi connectivity index (χ2v) is 13.9. The van der Waals surface area contributed by atoms with Gasteiger partial charge in [0.2, 0.25) is 0 Å². The van der Waals surface area contributed by atoms with Gasteiger partial charge in [-0.1, -0.05) is 47.9 Å². The first-order chi connectivity index (χ1) is 6.79. The fraction of sp³-hybridized carbons (Fsp3) is 1.00. The maximum Gasteiger partial charge on any atom is -0.0108 e. The smallest absolute Gasteiger partial charge is 0.0108 e. The topological polar surface area (TPSA) is 0 Å². The first kappa shape index (κ1) is 13.8. The lowest BCUT2D eigenvalue weighted by Gasteiger charge is -2.35. The van der Waals surface area contributed by atoms with Crippen molar-refractivity contribution >= 4 is 33.1 Å². The van der Waals surface area contributed by atoms with Crippen LogP contribution in [0.25, 0.3) is 0 Å². The van der Waals surface area contributed by atoms with Crippen LogP contribution >= 0.6 is 33.1 Å². The molecule has 14 heavy (non-hydrogen) atoms. The van der Waals surface area contributed by atoms with Gasteiger partial charge in [0.1, 0.15) is 0 Å². The lowest BCUT2D eigenvalue weighted by molar-refractivity contribution is 0.341. The van der Waals surface area contributed by atoms with E-state index in [0.717, 1.165) is 19.5 Å². The van der Waals surface area contributed by atoms with Crippen molar-refractivity contribution in [1.29, 1.82) is 0 Å². The lowest BCUT2D eigenvalue weighted by atomic mass is 9.85. The molecule has 1 aliphatic carbocycles. The molecule has 0 spiro atoms. The Hall–Kier alpha value is 1.72. The summed E-state index contributed by atoms with van der Waals surface area (Å²) in [6.07, 6.45) is 10.4. The van der Waals surface area contributed by atoms with Crippen molar-refractivity contribution in [1.82, 2.24) is 0 Å². The number of unbranched alkanes of at least 4 members (excludes halogenated alkanes) is 1. The fourth-order valence-electron chi connectivity index (χ4n) is 2.45. The summed E-state index contributed by atoms with van der Waals surface area (Å²) >= 11 is 0. The van der Waals surface area contributed by atoms with Gasteiger partial charge >= 0.3 is 0 Å². The maximum atomic E-state index is 3.15. The molecule has 0 nitrogen and oxygen atoms in total. The van der Waals surface area contributed by atoms with Gasteiger partial charge in [-0.15, -0.1) is 17.9 Å². The minimum atomic E-state index is 0.255. The summed E-state index contributed by atoms with van der Waals surface area (Å²) in [4.78, 5) is 0. The van der Waals surface area contributed by atoms with Crippen molar-refractivity contribution in [2.24, 2.45) is 5.92 Å². The first-order valence-corrected chi connectivity index (χ1v) is 12.5. The number of hydrogen-bond donors (Lipinski definition) is 0. The lowest BCUT2D eigenvalue weighted by Crippen LogP contribution is -2.21. The van der Waals surface area contributed by atoms with Crippen molar-refractivity contribution < 1.29 is 0 Å². The van der Waals surface area contributed by atoms with Crippen LogP contribution in [0.2, 0.25) is 0 Å². The minimum Gasteiger partial charge on any atom is -0.110 e. The van der Waals surface area contributed by atoms with Gasteiger partial charge in [-0.25, -0.2) is 0 Å². The van der Waals surface area contributed by atoms with E-state index in [4.69, 9.17) is 0 Å². The summed E-state index contributed by atoms with van der Waals surface area (Å²) in [6.45, 7) is 2.32. The quantitative estimate of drug-likeness (QED) is 0.586. The first-order valence-electron chi connectivity index (χ1n) is 5.79. The molecule has 1 rings (SSSR count). The molecule has 0 aromatic carbocycles. The molecule has 0 aliphatic heterocycles. The Balaban J connectivity index is 2.41. The second-order valence-electron chi connectivity index (χ2n) is 4.29. The Morgan fingerprint density at radius 1 is 1.36 bits per heavy atom. The largest absolute Gasteiger partial charge is 0.110 e. The Morgan fingerprint density at radius 2 is 2.07 bits per heavy atom. The molecule has 4 unspecified atom stereocenters. The third-order valence-corrected chi connectivity index (χ3v) is 14.7. The molecule has 0 saturated heterocycles. The van der Waals surface area contributed by atoms with Gasteiger partial charge in [0.25, 0.3) is 0 Å². The van der Waals surface area contributed by atoms with Gasteiger partial charge in [0.15, 0.2) is 0 Å². The van der Waals surface area contributed by atoms with Crippen LogP contribution in [0, 0.1) is 5.92 Å². The fourth-order valence-corrected chi connectivity index (χ4v) is 8.35. The predicted octanol–water partition coefficient (Wildman–Crippen LogP) is 5.39.